The Bertz CT molecular complexity index is 3710. The van der Waals surface area contributed by atoms with Gasteiger partial charge in [0.15, 0.2) is 0 Å². The van der Waals surface area contributed by atoms with Gasteiger partial charge in [0.05, 0.1) is 41.3 Å². The van der Waals surface area contributed by atoms with E-state index < -0.39 is 65.0 Å². The largest absolute Gasteiger partial charge is 0.464 e. The zero-order valence-corrected chi connectivity index (χ0v) is 50.6. The number of ether oxygens (including phenoxy) is 3. The number of nitro benzene ring substituents is 1. The molecule has 11 rings (SSSR count). The number of hydrogen-bond donors (Lipinski definition) is 4. The van der Waals surface area contributed by atoms with E-state index in [0.29, 0.717) is 24.5 Å². The zero-order valence-electron chi connectivity index (χ0n) is 50.6. The molecule has 92 heavy (non-hydrogen) atoms. The Morgan fingerprint density at radius 1 is 0.533 bits per heavy atom. The number of benzene rings is 8. The summed E-state index contributed by atoms with van der Waals surface area (Å²) in [5, 5.41) is 31.2. The molecule has 468 valence electrons. The van der Waals surface area contributed by atoms with Crippen LogP contribution in [0.1, 0.15) is 65.0 Å². The topological polar surface area (TPSA) is 253 Å². The van der Waals surface area contributed by atoms with E-state index >= 15 is 0 Å². The lowest BCUT2D eigenvalue weighted by Crippen LogP contribution is -2.58. The van der Waals surface area contributed by atoms with Crippen LogP contribution in [-0.4, -0.2) is 116 Å². The minimum absolute atomic E-state index is 0.00686. The molecule has 0 unspecified atom stereocenters. The van der Waals surface area contributed by atoms with Crippen LogP contribution in [0.3, 0.4) is 0 Å². The molecule has 3 aliphatic rings. The van der Waals surface area contributed by atoms with Gasteiger partial charge in [-0.1, -0.05) is 158 Å². The SMILES string of the molecule is CCN(CCOC(=O)CCC(=O)N1C[C@@H](NC(=O)[C@H](Cc2ccccc2)NC(=O)OCC2c3ccccc3-c3ccccc32)[C@H](NC(=O)[C@H](Cc2ccccc2)NC(=O)OCC2c3ccccc3-c3ccccc32)C1)c1ccc(N=Nc2ccc([N+](=O)[O-])cc2)cc1. The molecule has 0 spiro atoms. The van der Waals surface area contributed by atoms with Crippen LogP contribution in [0.2, 0.25) is 0 Å². The summed E-state index contributed by atoms with van der Waals surface area (Å²) in [7, 11) is 0. The molecule has 5 amide bonds. The Morgan fingerprint density at radius 2 is 0.935 bits per heavy atom. The molecule has 8 aromatic rings. The van der Waals surface area contributed by atoms with Crippen LogP contribution < -0.4 is 26.2 Å². The van der Waals surface area contributed by atoms with E-state index in [4.69, 9.17) is 14.2 Å². The fourth-order valence-corrected chi connectivity index (χ4v) is 12.2. The first-order valence-corrected chi connectivity index (χ1v) is 30.7. The van der Waals surface area contributed by atoms with Crippen molar-refractivity contribution in [2.45, 2.75) is 68.6 Å². The van der Waals surface area contributed by atoms with Crippen molar-refractivity contribution in [1.82, 2.24) is 26.2 Å². The summed E-state index contributed by atoms with van der Waals surface area (Å²) in [4.78, 5) is 99.0. The van der Waals surface area contributed by atoms with E-state index in [1.54, 1.807) is 12.1 Å². The van der Waals surface area contributed by atoms with E-state index in [0.717, 1.165) is 61.3 Å². The third kappa shape index (κ3) is 15.3. The van der Waals surface area contributed by atoms with E-state index in [-0.39, 0.29) is 76.1 Å². The van der Waals surface area contributed by atoms with Crippen molar-refractivity contribution < 1.29 is 47.9 Å². The van der Waals surface area contributed by atoms with Gasteiger partial charge in [-0.2, -0.15) is 10.2 Å². The monoisotopic (exact) mass is 1240 g/mol. The smallest absolute Gasteiger partial charge is 0.407 e. The van der Waals surface area contributed by atoms with Gasteiger partial charge in [-0.05, 0) is 99.0 Å². The van der Waals surface area contributed by atoms with E-state index in [2.05, 4.69) is 31.5 Å². The van der Waals surface area contributed by atoms with Crippen molar-refractivity contribution in [1.29, 1.82) is 0 Å². The summed E-state index contributed by atoms with van der Waals surface area (Å²) in [6, 6.07) is 59.0. The third-order valence-corrected chi connectivity index (χ3v) is 16.9. The number of non-ortho nitro benzene ring substituents is 1. The fourth-order valence-electron chi connectivity index (χ4n) is 12.2. The maximum absolute atomic E-state index is 14.8. The lowest BCUT2D eigenvalue weighted by atomic mass is 9.98. The van der Waals surface area contributed by atoms with Crippen LogP contribution in [-0.2, 0) is 46.2 Å². The second kappa shape index (κ2) is 29.5. The number of fused-ring (bicyclic) bond motifs is 6. The molecule has 4 atom stereocenters. The van der Waals surface area contributed by atoms with Crippen LogP contribution in [0.4, 0.5) is 32.3 Å². The van der Waals surface area contributed by atoms with Gasteiger partial charge in [-0.15, -0.1) is 0 Å². The van der Waals surface area contributed by atoms with Gasteiger partial charge in [0, 0.05) is 68.6 Å². The Balaban J connectivity index is 0.760. The highest BCUT2D eigenvalue weighted by molar-refractivity contribution is 5.89. The molecule has 8 aromatic carbocycles. The van der Waals surface area contributed by atoms with Crippen LogP contribution in [0.15, 0.2) is 216 Å². The molecule has 0 bridgehead atoms. The molecule has 0 aromatic heterocycles. The van der Waals surface area contributed by atoms with Gasteiger partial charge >= 0.3 is 18.2 Å². The first-order valence-electron chi connectivity index (χ1n) is 30.7. The van der Waals surface area contributed by atoms with Crippen molar-refractivity contribution in [3.05, 3.63) is 250 Å². The molecule has 0 saturated carbocycles. The number of amides is 5. The summed E-state index contributed by atoms with van der Waals surface area (Å²) < 4.78 is 17.5. The molecular formula is C72H69N9O11. The molecule has 1 heterocycles. The van der Waals surface area contributed by atoms with E-state index in [9.17, 15) is 38.9 Å². The second-order valence-electron chi connectivity index (χ2n) is 22.7. The summed E-state index contributed by atoms with van der Waals surface area (Å²) in [6.45, 7) is 2.76. The molecule has 1 aliphatic heterocycles. The number of rotatable bonds is 25. The summed E-state index contributed by atoms with van der Waals surface area (Å²) in [5.41, 5.74) is 11.6. The van der Waals surface area contributed by atoms with Crippen molar-refractivity contribution in [3.8, 4) is 22.3 Å². The van der Waals surface area contributed by atoms with Crippen molar-refractivity contribution in [2.75, 3.05) is 50.9 Å². The van der Waals surface area contributed by atoms with E-state index in [1.165, 1.54) is 29.2 Å². The van der Waals surface area contributed by atoms with Gasteiger partial charge in [-0.25, -0.2) is 9.59 Å². The van der Waals surface area contributed by atoms with E-state index in [1.807, 2.05) is 182 Å². The van der Waals surface area contributed by atoms with Gasteiger partial charge < -0.3 is 45.3 Å². The predicted octanol–water partition coefficient (Wildman–Crippen LogP) is 11.3. The number of carbonyl (C=O) groups excluding carboxylic acids is 6. The van der Waals surface area contributed by atoms with Gasteiger partial charge in [0.1, 0.15) is 31.9 Å². The number of nitrogens with one attached hydrogen (secondary N) is 4. The number of esters is 1. The Labute approximate surface area is 532 Å². The number of nitro groups is 1. The van der Waals surface area contributed by atoms with Gasteiger partial charge in [0.25, 0.3) is 5.69 Å². The van der Waals surface area contributed by atoms with Crippen LogP contribution in [0, 0.1) is 10.1 Å². The average Bonchev–Trinajstić information content (AvgIpc) is 1.71. The molecule has 20 nitrogen and oxygen atoms in total. The highest BCUT2D eigenvalue weighted by Gasteiger charge is 2.40. The normalized spacial score (nSPS) is 15.2. The predicted molar refractivity (Wildman–Crippen MR) is 347 cm³/mol. The second-order valence-corrected chi connectivity index (χ2v) is 22.7. The lowest BCUT2D eigenvalue weighted by molar-refractivity contribution is -0.384. The number of carbonyl (C=O) groups is 6. The highest BCUT2D eigenvalue weighted by atomic mass is 16.6. The lowest BCUT2D eigenvalue weighted by Gasteiger charge is -2.26. The molecule has 2 aliphatic carbocycles. The van der Waals surface area contributed by atoms with Crippen LogP contribution in [0.5, 0.6) is 0 Å². The number of azo groups is 1. The Kier molecular flexibility index (Phi) is 20.1. The maximum Gasteiger partial charge on any atom is 0.407 e. The van der Waals surface area contributed by atoms with Gasteiger partial charge in [-0.3, -0.25) is 29.3 Å². The zero-order chi connectivity index (χ0) is 63.9. The van der Waals surface area contributed by atoms with Gasteiger partial charge in [0.2, 0.25) is 17.7 Å². The number of likely N-dealkylation sites (tertiary alicyclic amines) is 1. The van der Waals surface area contributed by atoms with Crippen LogP contribution >= 0.6 is 0 Å². The average molecular weight is 1240 g/mol. The molecule has 4 N–H and O–H groups in total. The number of anilines is 1. The quantitative estimate of drug-likeness (QED) is 0.0137. The Hall–Kier alpha value is -11.0. The number of likely N-dealkylation sites (N-methyl/N-ethyl adjacent to an activating group) is 1. The highest BCUT2D eigenvalue weighted by Crippen LogP contribution is 2.46. The molecule has 1 saturated heterocycles. The Morgan fingerprint density at radius 3 is 1.35 bits per heavy atom. The number of alkyl carbamates (subject to hydrolysis) is 2. The van der Waals surface area contributed by atoms with Crippen molar-refractivity contribution in [3.63, 3.8) is 0 Å². The molecule has 1 fully saturated rings. The summed E-state index contributed by atoms with van der Waals surface area (Å²) >= 11 is 0. The standard InChI is InChI=1S/C72H69N9O11/c1-2-79(51-33-29-49(30-34-51)77-78-50-31-35-52(36-32-50)81(88)89)39-40-90-68(83)38-37-67(82)80-43-65(73-69(84)63(41-47-17-5-3-6-18-47)75-71(86)91-45-61-57-25-13-9-21-53(57)54-22-10-14-26-58(54)61)66(44-80)74-70(85)64(42-48-19-7-4-8-20-48)76-72(87)92-46-62-59-27-15-11-23-55(59)56-24-12-16-28-60(56)62/h3-36,61-66H,2,37-46H2,1H3,(H,73,84)(H,74,85)(H,75,86)(H,76,87)/t63-,64-,65+,66+/m0/s1. The molecule has 0 radical (unpaired) electrons. The first-order chi connectivity index (χ1) is 44.8. The minimum atomic E-state index is -1.18. The fraction of sp³-hybridized carbons (Fsp3) is 0.250. The molecular weight excluding hydrogens is 1170 g/mol. The summed E-state index contributed by atoms with van der Waals surface area (Å²) in [6.07, 6.45) is -1.99. The van der Waals surface area contributed by atoms with Crippen molar-refractivity contribution in [2.24, 2.45) is 10.2 Å². The maximum atomic E-state index is 14.8. The van der Waals surface area contributed by atoms with Crippen LogP contribution in [0.25, 0.3) is 22.3 Å². The first kappa shape index (κ1) is 62.6. The van der Waals surface area contributed by atoms with Crippen molar-refractivity contribution >= 4 is 58.6 Å². The number of nitrogens with zero attached hydrogens (tertiary/aromatic N) is 5. The molecule has 20 heteroatoms. The third-order valence-electron chi connectivity index (χ3n) is 16.9. The minimum Gasteiger partial charge on any atom is -0.464 e. The summed E-state index contributed by atoms with van der Waals surface area (Å²) in [5.74, 6) is -2.72. The number of hydrogen-bond acceptors (Lipinski definition) is 14.